The van der Waals surface area contributed by atoms with Crippen LogP contribution in [-0.4, -0.2) is 10.6 Å². The number of hydrogen-bond acceptors (Lipinski definition) is 0. The summed E-state index contributed by atoms with van der Waals surface area (Å²) in [5.74, 6) is 0.656. The molecule has 0 aliphatic heterocycles. The van der Waals surface area contributed by atoms with Crippen LogP contribution in [0.4, 0.5) is 0 Å². The molecule has 0 aliphatic carbocycles. The monoisotopic (exact) mass is 361 g/mol. The maximum Gasteiger partial charge on any atom is 0.118 e. The second-order valence-electron chi connectivity index (χ2n) is 8.15. The van der Waals surface area contributed by atoms with Gasteiger partial charge in [0.05, 0.1) is 11.7 Å². The van der Waals surface area contributed by atoms with E-state index in [1.165, 1.54) is 22.4 Å². The van der Waals surface area contributed by atoms with Gasteiger partial charge in [0.25, 0.3) is 0 Å². The Kier molecular flexibility index (Phi) is 6.52. The van der Waals surface area contributed by atoms with Crippen molar-refractivity contribution in [1.82, 2.24) is 4.57 Å². The molecule has 27 heavy (non-hydrogen) atoms. The van der Waals surface area contributed by atoms with Crippen molar-refractivity contribution < 1.29 is 4.90 Å². The van der Waals surface area contributed by atoms with Crippen LogP contribution < -0.4 is 4.90 Å². The minimum absolute atomic E-state index is 0.604. The lowest BCUT2D eigenvalue weighted by atomic mass is 10.0. The number of aryl methyl sites for hydroxylation is 1. The number of nitrogens with zero attached hydrogens (tertiary/aromatic N) is 1. The smallest absolute Gasteiger partial charge is 0.118 e. The van der Waals surface area contributed by atoms with Gasteiger partial charge in [-0.05, 0) is 31.5 Å². The molecular formula is C25H33N2+. The highest BCUT2D eigenvalue weighted by molar-refractivity contribution is 5.23. The van der Waals surface area contributed by atoms with E-state index in [0.29, 0.717) is 12.0 Å². The van der Waals surface area contributed by atoms with Gasteiger partial charge in [-0.2, -0.15) is 0 Å². The van der Waals surface area contributed by atoms with Gasteiger partial charge in [-0.1, -0.05) is 74.0 Å². The minimum Gasteiger partial charge on any atom is -0.342 e. The zero-order chi connectivity index (χ0) is 19.2. The van der Waals surface area contributed by atoms with Crippen molar-refractivity contribution >= 4 is 0 Å². The summed E-state index contributed by atoms with van der Waals surface area (Å²) < 4.78 is 2.41. The Morgan fingerprint density at radius 2 is 1.56 bits per heavy atom. The first kappa shape index (κ1) is 19.4. The summed E-state index contributed by atoms with van der Waals surface area (Å²) in [6.07, 6.45) is 2.22. The van der Waals surface area contributed by atoms with Crippen molar-refractivity contribution in [3.63, 3.8) is 0 Å². The highest BCUT2D eigenvalue weighted by atomic mass is 15.2. The van der Waals surface area contributed by atoms with E-state index in [-0.39, 0.29) is 0 Å². The molecule has 0 aliphatic rings. The van der Waals surface area contributed by atoms with E-state index in [1.54, 1.807) is 4.90 Å². The van der Waals surface area contributed by atoms with Gasteiger partial charge in [0.15, 0.2) is 0 Å². The molecule has 3 rings (SSSR count). The Labute approximate surface area is 164 Å². The first-order valence-electron chi connectivity index (χ1n) is 10.1. The van der Waals surface area contributed by atoms with Crippen molar-refractivity contribution in [2.45, 2.75) is 53.4 Å². The Bertz CT molecular complexity index is 832. The second-order valence-corrected chi connectivity index (χ2v) is 8.15. The van der Waals surface area contributed by atoms with Crippen LogP contribution in [0.3, 0.4) is 0 Å². The zero-order valence-electron chi connectivity index (χ0n) is 17.2. The maximum absolute atomic E-state index is 2.41. The van der Waals surface area contributed by atoms with Gasteiger partial charge in [0, 0.05) is 24.2 Å². The van der Waals surface area contributed by atoms with E-state index in [2.05, 4.69) is 105 Å². The van der Waals surface area contributed by atoms with Gasteiger partial charge in [-0.25, -0.2) is 0 Å². The van der Waals surface area contributed by atoms with Gasteiger partial charge < -0.3 is 9.47 Å². The van der Waals surface area contributed by atoms with Gasteiger partial charge in [0.1, 0.15) is 13.1 Å². The van der Waals surface area contributed by atoms with Gasteiger partial charge in [0.2, 0.25) is 0 Å². The third-order valence-electron chi connectivity index (χ3n) is 5.69. The molecule has 2 atom stereocenters. The minimum atomic E-state index is 0.604. The SMILES string of the molecule is Cc1cccc(Cn2cccc2C[NH+](Cc2ccccc2)[C@@H](C)C(C)C)c1. The molecule has 0 radical (unpaired) electrons. The highest BCUT2D eigenvalue weighted by Crippen LogP contribution is 2.10. The Morgan fingerprint density at radius 1 is 0.815 bits per heavy atom. The van der Waals surface area contributed by atoms with Crippen LogP contribution in [0.15, 0.2) is 72.9 Å². The highest BCUT2D eigenvalue weighted by Gasteiger charge is 2.22. The first-order chi connectivity index (χ1) is 13.0. The average Bonchev–Trinajstić information content (AvgIpc) is 3.08. The van der Waals surface area contributed by atoms with Crippen LogP contribution in [0.5, 0.6) is 0 Å². The van der Waals surface area contributed by atoms with Crippen molar-refractivity contribution in [2.24, 2.45) is 5.92 Å². The standard InChI is InChI=1S/C25H32N2/c1-20(2)22(4)27(17-23-11-6-5-7-12-23)19-25-14-9-15-26(25)18-24-13-8-10-21(3)16-24/h5-16,20,22H,17-19H2,1-4H3/p+1/t22-/m0/s1. The first-order valence-corrected chi connectivity index (χ1v) is 10.1. The van der Waals surface area contributed by atoms with Gasteiger partial charge in [-0.3, -0.25) is 0 Å². The molecular weight excluding hydrogens is 328 g/mol. The predicted molar refractivity (Wildman–Crippen MR) is 114 cm³/mol. The summed E-state index contributed by atoms with van der Waals surface area (Å²) in [5, 5.41) is 0. The predicted octanol–water partition coefficient (Wildman–Crippen LogP) is 4.47. The van der Waals surface area contributed by atoms with Crippen molar-refractivity contribution in [3.05, 3.63) is 95.3 Å². The normalized spacial score (nSPS) is 13.7. The average molecular weight is 362 g/mol. The third kappa shape index (κ3) is 5.33. The molecule has 1 aromatic heterocycles. The zero-order valence-corrected chi connectivity index (χ0v) is 17.2. The molecule has 2 nitrogen and oxygen atoms in total. The fraction of sp³-hybridized carbons (Fsp3) is 0.360. The van der Waals surface area contributed by atoms with E-state index < -0.39 is 0 Å². The molecule has 0 spiro atoms. The molecule has 3 aromatic rings. The molecule has 0 amide bonds. The van der Waals surface area contributed by atoms with Crippen LogP contribution in [0.25, 0.3) is 0 Å². The summed E-state index contributed by atoms with van der Waals surface area (Å²) in [5.41, 5.74) is 5.52. The number of rotatable bonds is 8. The lowest BCUT2D eigenvalue weighted by Gasteiger charge is -2.29. The molecule has 2 aromatic carbocycles. The van der Waals surface area contributed by atoms with Gasteiger partial charge >= 0.3 is 0 Å². The quantitative estimate of drug-likeness (QED) is 0.606. The van der Waals surface area contributed by atoms with E-state index in [0.717, 1.165) is 19.6 Å². The number of aromatic nitrogens is 1. The third-order valence-corrected chi connectivity index (χ3v) is 5.69. The fourth-order valence-electron chi connectivity index (χ4n) is 3.72. The van der Waals surface area contributed by atoms with Gasteiger partial charge in [-0.15, -0.1) is 0 Å². The van der Waals surface area contributed by atoms with E-state index in [1.807, 2.05) is 0 Å². The summed E-state index contributed by atoms with van der Waals surface area (Å²) in [6.45, 7) is 12.3. The van der Waals surface area contributed by atoms with E-state index in [4.69, 9.17) is 0 Å². The lowest BCUT2D eigenvalue weighted by Crippen LogP contribution is -3.13. The van der Waals surface area contributed by atoms with Crippen LogP contribution in [0.2, 0.25) is 0 Å². The number of quaternary nitrogens is 1. The Balaban J connectivity index is 1.78. The molecule has 2 heteroatoms. The van der Waals surface area contributed by atoms with Crippen LogP contribution in [-0.2, 0) is 19.6 Å². The van der Waals surface area contributed by atoms with Crippen molar-refractivity contribution in [3.8, 4) is 0 Å². The Morgan fingerprint density at radius 3 is 2.26 bits per heavy atom. The largest absolute Gasteiger partial charge is 0.342 e. The van der Waals surface area contributed by atoms with E-state index in [9.17, 15) is 0 Å². The summed E-state index contributed by atoms with van der Waals surface area (Å²) >= 11 is 0. The summed E-state index contributed by atoms with van der Waals surface area (Å²) in [7, 11) is 0. The Hall–Kier alpha value is -2.32. The number of nitrogens with one attached hydrogen (secondary N) is 1. The summed E-state index contributed by atoms with van der Waals surface area (Å²) in [4.78, 5) is 1.63. The van der Waals surface area contributed by atoms with Crippen molar-refractivity contribution in [2.75, 3.05) is 0 Å². The number of benzene rings is 2. The second kappa shape index (κ2) is 9.05. The molecule has 142 valence electrons. The maximum atomic E-state index is 2.41. The molecule has 0 bridgehead atoms. The van der Waals surface area contributed by atoms with Crippen LogP contribution in [0.1, 0.15) is 43.2 Å². The molecule has 1 heterocycles. The fourth-order valence-corrected chi connectivity index (χ4v) is 3.72. The lowest BCUT2D eigenvalue weighted by molar-refractivity contribution is -0.954. The molecule has 1 unspecified atom stereocenters. The van der Waals surface area contributed by atoms with Crippen LogP contribution >= 0.6 is 0 Å². The van der Waals surface area contributed by atoms with Crippen molar-refractivity contribution in [1.29, 1.82) is 0 Å². The molecule has 0 saturated heterocycles. The number of hydrogen-bond donors (Lipinski definition) is 1. The van der Waals surface area contributed by atoms with Crippen LogP contribution in [0, 0.1) is 12.8 Å². The summed E-state index contributed by atoms with van der Waals surface area (Å²) in [6, 6.07) is 24.8. The molecule has 1 N–H and O–H groups in total. The molecule has 0 saturated carbocycles. The molecule has 0 fully saturated rings. The van der Waals surface area contributed by atoms with E-state index >= 15 is 0 Å². The topological polar surface area (TPSA) is 9.37 Å².